The molecule has 0 bridgehead atoms. The Morgan fingerprint density at radius 2 is 1.69 bits per heavy atom. The predicted octanol–water partition coefficient (Wildman–Crippen LogP) is 3.86. The summed E-state index contributed by atoms with van der Waals surface area (Å²) in [6.45, 7) is 1.87. The van der Waals surface area contributed by atoms with Crippen LogP contribution in [0.2, 0.25) is 0 Å². The van der Waals surface area contributed by atoms with Gasteiger partial charge in [0.15, 0.2) is 0 Å². The number of nitrogens with one attached hydrogen (secondary N) is 1. The van der Waals surface area contributed by atoms with Crippen molar-refractivity contribution >= 4 is 24.1 Å². The van der Waals surface area contributed by atoms with Crippen molar-refractivity contribution in [2.45, 2.75) is 19.1 Å². The molecule has 1 N–H and O–H groups in total. The molecule has 0 saturated carbocycles. The van der Waals surface area contributed by atoms with Crippen molar-refractivity contribution in [3.63, 3.8) is 0 Å². The van der Waals surface area contributed by atoms with Crippen LogP contribution in [0, 0.1) is 0 Å². The second-order valence-electron chi connectivity index (χ2n) is 8.16. The smallest absolute Gasteiger partial charge is 0.346 e. The first-order valence-electron chi connectivity index (χ1n) is 11.1. The molecule has 9 nitrogen and oxygen atoms in total. The summed E-state index contributed by atoms with van der Waals surface area (Å²) in [5, 5.41) is 7.69. The highest BCUT2D eigenvalue weighted by atomic mass is 16.5. The fourth-order valence-corrected chi connectivity index (χ4v) is 3.70. The minimum atomic E-state index is -1.26. The van der Waals surface area contributed by atoms with E-state index in [0.29, 0.717) is 28.2 Å². The molecule has 1 fully saturated rings. The quantitative estimate of drug-likeness (QED) is 0.294. The van der Waals surface area contributed by atoms with E-state index in [2.05, 4.69) is 10.4 Å². The molecule has 0 radical (unpaired) electrons. The molecule has 0 aliphatic carbocycles. The third-order valence-corrected chi connectivity index (χ3v) is 5.84. The molecule has 0 spiro atoms. The second kappa shape index (κ2) is 10.3. The summed E-state index contributed by atoms with van der Waals surface area (Å²) in [6.07, 6.45) is 1.41. The minimum absolute atomic E-state index is 0.241. The average Bonchev–Trinajstić information content (AvgIpc) is 3.14. The number of rotatable bonds is 8. The van der Waals surface area contributed by atoms with Crippen molar-refractivity contribution in [2.75, 3.05) is 14.2 Å². The van der Waals surface area contributed by atoms with Crippen LogP contribution in [0.15, 0.2) is 77.9 Å². The molecule has 36 heavy (non-hydrogen) atoms. The predicted molar refractivity (Wildman–Crippen MR) is 132 cm³/mol. The Balaban J connectivity index is 1.47. The maximum atomic E-state index is 13.1. The summed E-state index contributed by atoms with van der Waals surface area (Å²) in [5.74, 6) is 0.249. The number of ether oxygens (including phenoxy) is 3. The Bertz CT molecular complexity index is 1300. The zero-order chi connectivity index (χ0) is 25.7. The number of nitrogens with zero attached hydrogens (tertiary/aromatic N) is 2. The van der Waals surface area contributed by atoms with Crippen LogP contribution in [0.5, 0.6) is 11.5 Å². The molecule has 9 heteroatoms. The molecule has 0 aromatic heterocycles. The Kier molecular flexibility index (Phi) is 7.00. The molecule has 1 unspecified atom stereocenters. The number of carbonyl (C=O) groups excluding carboxylic acids is 3. The summed E-state index contributed by atoms with van der Waals surface area (Å²) < 4.78 is 15.8. The molecule has 3 amide bonds. The van der Waals surface area contributed by atoms with Gasteiger partial charge in [0, 0.05) is 5.56 Å². The van der Waals surface area contributed by atoms with Crippen LogP contribution in [0.25, 0.3) is 0 Å². The lowest BCUT2D eigenvalue weighted by atomic mass is 9.92. The van der Waals surface area contributed by atoms with Crippen LogP contribution in [-0.2, 0) is 21.7 Å². The lowest BCUT2D eigenvalue weighted by Crippen LogP contribution is -2.40. The van der Waals surface area contributed by atoms with Crippen molar-refractivity contribution in [1.82, 2.24) is 10.3 Å². The Labute approximate surface area is 208 Å². The lowest BCUT2D eigenvalue weighted by molar-refractivity contribution is -0.131. The molecule has 184 valence electrons. The molecule has 1 aliphatic heterocycles. The normalized spacial score (nSPS) is 17.2. The summed E-state index contributed by atoms with van der Waals surface area (Å²) in [7, 11) is 2.88. The summed E-state index contributed by atoms with van der Waals surface area (Å²) in [4.78, 5) is 37.3. The average molecular weight is 488 g/mol. The number of hydrogen-bond donors (Lipinski definition) is 1. The first-order chi connectivity index (χ1) is 17.4. The zero-order valence-corrected chi connectivity index (χ0v) is 20.1. The van der Waals surface area contributed by atoms with Crippen molar-refractivity contribution in [1.29, 1.82) is 0 Å². The van der Waals surface area contributed by atoms with Gasteiger partial charge in [0.1, 0.15) is 23.6 Å². The van der Waals surface area contributed by atoms with E-state index in [-0.39, 0.29) is 6.61 Å². The van der Waals surface area contributed by atoms with Gasteiger partial charge in [-0.15, -0.1) is 5.01 Å². The third kappa shape index (κ3) is 4.90. The van der Waals surface area contributed by atoms with E-state index >= 15 is 0 Å². The van der Waals surface area contributed by atoms with Crippen LogP contribution in [0.3, 0.4) is 0 Å². The number of methoxy groups -OCH3 is 2. The highest BCUT2D eigenvalue weighted by Gasteiger charge is 2.49. The number of urea groups is 1. The molecule has 1 atom stereocenters. The van der Waals surface area contributed by atoms with Gasteiger partial charge >= 0.3 is 12.0 Å². The van der Waals surface area contributed by atoms with E-state index in [1.807, 2.05) is 6.07 Å². The first kappa shape index (κ1) is 24.5. The third-order valence-electron chi connectivity index (χ3n) is 5.84. The lowest BCUT2D eigenvalue weighted by Gasteiger charge is -2.21. The number of benzene rings is 3. The number of esters is 1. The SMILES string of the molecule is COC(=O)c1ccc(COc2ccccc2/C=N/N2C(=O)NC(C)(c3ccc(OC)cc3)C2=O)cc1. The number of hydrazone groups is 1. The topological polar surface area (TPSA) is 107 Å². The van der Waals surface area contributed by atoms with E-state index in [9.17, 15) is 14.4 Å². The molecule has 3 aromatic rings. The highest BCUT2D eigenvalue weighted by molar-refractivity contribution is 6.07. The van der Waals surface area contributed by atoms with E-state index in [0.717, 1.165) is 10.6 Å². The molecular formula is C27H25N3O6. The summed E-state index contributed by atoms with van der Waals surface area (Å²) >= 11 is 0. The molecule has 4 rings (SSSR count). The largest absolute Gasteiger partial charge is 0.497 e. The summed E-state index contributed by atoms with van der Waals surface area (Å²) in [5.41, 5.74) is 1.24. The van der Waals surface area contributed by atoms with Crippen LogP contribution in [0.4, 0.5) is 4.79 Å². The monoisotopic (exact) mass is 487 g/mol. The molecule has 1 aliphatic rings. The molecule has 3 aromatic carbocycles. The fourth-order valence-electron chi connectivity index (χ4n) is 3.70. The Morgan fingerprint density at radius 3 is 2.36 bits per heavy atom. The van der Waals surface area contributed by atoms with Gasteiger partial charge in [-0.1, -0.05) is 36.4 Å². The molecule has 1 heterocycles. The van der Waals surface area contributed by atoms with Gasteiger partial charge in [0.2, 0.25) is 0 Å². The number of para-hydroxylation sites is 1. The highest BCUT2D eigenvalue weighted by Crippen LogP contribution is 2.30. The van der Waals surface area contributed by atoms with Gasteiger partial charge in [-0.2, -0.15) is 5.10 Å². The second-order valence-corrected chi connectivity index (χ2v) is 8.16. The van der Waals surface area contributed by atoms with E-state index in [4.69, 9.17) is 14.2 Å². The Morgan fingerprint density at radius 1 is 1.00 bits per heavy atom. The van der Waals surface area contributed by atoms with Crippen LogP contribution in [-0.4, -0.2) is 43.4 Å². The van der Waals surface area contributed by atoms with Gasteiger partial charge in [-0.3, -0.25) is 4.79 Å². The minimum Gasteiger partial charge on any atom is -0.497 e. The van der Waals surface area contributed by atoms with Crippen LogP contribution >= 0.6 is 0 Å². The van der Waals surface area contributed by atoms with E-state index in [1.54, 1.807) is 80.8 Å². The standard InChI is InChI=1S/C27H25N3O6/c1-27(21-12-14-22(34-2)15-13-21)25(32)30(26(33)29-27)28-16-20-6-4-5-7-23(20)36-17-18-8-10-19(11-9-18)24(31)35-3/h4-16H,17H2,1-3H3,(H,29,33)/b28-16+. The molecular weight excluding hydrogens is 462 g/mol. The first-order valence-corrected chi connectivity index (χ1v) is 11.1. The van der Waals surface area contributed by atoms with Crippen LogP contribution < -0.4 is 14.8 Å². The van der Waals surface area contributed by atoms with E-state index in [1.165, 1.54) is 13.3 Å². The van der Waals surface area contributed by atoms with Gasteiger partial charge in [-0.05, 0) is 54.4 Å². The Hall–Kier alpha value is -4.66. The van der Waals surface area contributed by atoms with Gasteiger partial charge in [-0.25, -0.2) is 9.59 Å². The van der Waals surface area contributed by atoms with Crippen LogP contribution in [0.1, 0.15) is 34.0 Å². The van der Waals surface area contributed by atoms with Gasteiger partial charge in [0.25, 0.3) is 5.91 Å². The maximum absolute atomic E-state index is 13.1. The van der Waals surface area contributed by atoms with Crippen molar-refractivity contribution in [2.24, 2.45) is 5.10 Å². The van der Waals surface area contributed by atoms with Gasteiger partial charge < -0.3 is 19.5 Å². The van der Waals surface area contributed by atoms with Gasteiger partial charge in [0.05, 0.1) is 26.0 Å². The fraction of sp³-hybridized carbons (Fsp3) is 0.185. The number of hydrogen-bond acceptors (Lipinski definition) is 7. The maximum Gasteiger partial charge on any atom is 0.346 e. The number of imide groups is 1. The van der Waals surface area contributed by atoms with Crippen molar-refractivity contribution in [3.05, 3.63) is 95.1 Å². The number of carbonyl (C=O) groups is 3. The number of amides is 3. The van der Waals surface area contributed by atoms with Crippen molar-refractivity contribution < 1.29 is 28.6 Å². The zero-order valence-electron chi connectivity index (χ0n) is 20.1. The summed E-state index contributed by atoms with van der Waals surface area (Å²) in [6, 6.07) is 20.3. The van der Waals surface area contributed by atoms with Crippen molar-refractivity contribution in [3.8, 4) is 11.5 Å². The van der Waals surface area contributed by atoms with E-state index < -0.39 is 23.4 Å². The molecule has 1 saturated heterocycles.